The van der Waals surface area contributed by atoms with Crippen LogP contribution in [0, 0.1) is 0 Å². The summed E-state index contributed by atoms with van der Waals surface area (Å²) in [5.41, 5.74) is 2.07. The van der Waals surface area contributed by atoms with E-state index in [1.807, 2.05) is 15.5 Å². The summed E-state index contributed by atoms with van der Waals surface area (Å²) in [5, 5.41) is 4.74. The molecule has 1 amide bonds. The van der Waals surface area contributed by atoms with Gasteiger partial charge in [-0.2, -0.15) is 5.10 Å². The second-order valence-electron chi connectivity index (χ2n) is 7.42. The maximum atomic E-state index is 12.6. The summed E-state index contributed by atoms with van der Waals surface area (Å²) in [7, 11) is 0. The minimum absolute atomic E-state index is 0.0511. The van der Waals surface area contributed by atoms with Gasteiger partial charge in [0.25, 0.3) is 5.91 Å². The first-order valence-electron chi connectivity index (χ1n) is 9.72. The van der Waals surface area contributed by atoms with Crippen LogP contribution in [0.2, 0.25) is 0 Å². The Labute approximate surface area is 157 Å². The number of piperidine rings is 1. The molecule has 140 valence electrons. The van der Waals surface area contributed by atoms with Gasteiger partial charge in [0.05, 0.1) is 18.1 Å². The molecule has 27 heavy (non-hydrogen) atoms. The zero-order valence-corrected chi connectivity index (χ0v) is 15.3. The highest BCUT2D eigenvalue weighted by Crippen LogP contribution is 2.27. The monoisotopic (exact) mass is 365 g/mol. The number of amides is 1. The molecule has 0 saturated carbocycles. The fraction of sp³-hybridized carbons (Fsp3) is 0.450. The molecule has 3 aromatic heterocycles. The summed E-state index contributed by atoms with van der Waals surface area (Å²) in [6, 6.07) is 7.64. The Morgan fingerprint density at radius 3 is 2.81 bits per heavy atom. The van der Waals surface area contributed by atoms with E-state index in [-0.39, 0.29) is 11.8 Å². The van der Waals surface area contributed by atoms with E-state index in [4.69, 9.17) is 14.5 Å². The lowest BCUT2D eigenvalue weighted by Crippen LogP contribution is -2.39. The molecule has 0 radical (unpaired) electrons. The second kappa shape index (κ2) is 6.72. The van der Waals surface area contributed by atoms with Crippen molar-refractivity contribution in [3.05, 3.63) is 48.3 Å². The number of pyridine rings is 1. The maximum absolute atomic E-state index is 12.6. The normalized spacial score (nSPS) is 20.5. The first-order chi connectivity index (χ1) is 13.3. The van der Waals surface area contributed by atoms with E-state index in [0.29, 0.717) is 12.3 Å². The molecule has 5 heterocycles. The highest BCUT2D eigenvalue weighted by atomic mass is 16.3. The van der Waals surface area contributed by atoms with Crippen LogP contribution in [-0.4, -0.2) is 51.6 Å². The number of anilines is 1. The zero-order chi connectivity index (χ0) is 18.2. The molecule has 7 nitrogen and oxygen atoms in total. The standard InChI is InChI=1S/C20H23N5O2/c26-20(17-6-4-12-27-17)24-11-3-5-15(13-24)19-21-18-8-7-16(14-25(18)22-19)23-9-1-2-10-23/h4,6-8,12,14-15H,1-3,5,9-11,13H2. The summed E-state index contributed by atoms with van der Waals surface area (Å²) in [4.78, 5) is 21.6. The van der Waals surface area contributed by atoms with Gasteiger partial charge in [-0.15, -0.1) is 0 Å². The molecule has 0 spiro atoms. The number of fused-ring (bicyclic) bond motifs is 1. The molecule has 5 rings (SSSR count). The molecule has 0 aromatic carbocycles. The number of furan rings is 1. The fourth-order valence-corrected chi connectivity index (χ4v) is 4.15. The molecule has 3 aromatic rings. The number of aromatic nitrogens is 3. The third-order valence-electron chi connectivity index (χ3n) is 5.61. The first kappa shape index (κ1) is 16.4. The number of likely N-dealkylation sites (tertiary alicyclic amines) is 1. The van der Waals surface area contributed by atoms with Crippen LogP contribution < -0.4 is 4.90 Å². The Morgan fingerprint density at radius 2 is 2.00 bits per heavy atom. The van der Waals surface area contributed by atoms with Crippen molar-refractivity contribution in [2.24, 2.45) is 0 Å². The summed E-state index contributed by atoms with van der Waals surface area (Å²) in [6.07, 6.45) is 8.07. The minimum atomic E-state index is -0.0511. The van der Waals surface area contributed by atoms with Crippen molar-refractivity contribution < 1.29 is 9.21 Å². The number of carbonyl (C=O) groups excluding carboxylic acids is 1. The fourth-order valence-electron chi connectivity index (χ4n) is 4.15. The molecule has 1 unspecified atom stereocenters. The van der Waals surface area contributed by atoms with Crippen molar-refractivity contribution in [3.8, 4) is 0 Å². The van der Waals surface area contributed by atoms with Gasteiger partial charge in [-0.1, -0.05) is 0 Å². The molecule has 0 bridgehead atoms. The molecule has 2 saturated heterocycles. The van der Waals surface area contributed by atoms with Gasteiger partial charge in [0.2, 0.25) is 0 Å². The van der Waals surface area contributed by atoms with E-state index in [1.54, 1.807) is 12.1 Å². The van der Waals surface area contributed by atoms with Crippen LogP contribution >= 0.6 is 0 Å². The number of carbonyl (C=O) groups is 1. The predicted octanol–water partition coefficient (Wildman–Crippen LogP) is 2.94. The maximum Gasteiger partial charge on any atom is 0.289 e. The van der Waals surface area contributed by atoms with Crippen LogP contribution in [0.5, 0.6) is 0 Å². The topological polar surface area (TPSA) is 66.9 Å². The van der Waals surface area contributed by atoms with Gasteiger partial charge >= 0.3 is 0 Å². The quantitative estimate of drug-likeness (QED) is 0.714. The largest absolute Gasteiger partial charge is 0.459 e. The van der Waals surface area contributed by atoms with E-state index in [2.05, 4.69) is 17.2 Å². The van der Waals surface area contributed by atoms with Crippen molar-refractivity contribution in [2.75, 3.05) is 31.1 Å². The average Bonchev–Trinajstić information content (AvgIpc) is 3.48. The van der Waals surface area contributed by atoms with E-state index in [9.17, 15) is 4.79 Å². The van der Waals surface area contributed by atoms with Gasteiger partial charge in [-0.05, 0) is 49.9 Å². The minimum Gasteiger partial charge on any atom is -0.459 e. The molecule has 0 N–H and O–H groups in total. The van der Waals surface area contributed by atoms with Gasteiger partial charge in [0.1, 0.15) is 0 Å². The molecule has 7 heteroatoms. The van der Waals surface area contributed by atoms with Gasteiger partial charge in [0, 0.05) is 32.1 Å². The number of nitrogens with zero attached hydrogens (tertiary/aromatic N) is 5. The van der Waals surface area contributed by atoms with Crippen LogP contribution in [0.15, 0.2) is 41.1 Å². The summed E-state index contributed by atoms with van der Waals surface area (Å²) >= 11 is 0. The second-order valence-corrected chi connectivity index (χ2v) is 7.42. The van der Waals surface area contributed by atoms with Crippen molar-refractivity contribution >= 4 is 17.2 Å². The average molecular weight is 365 g/mol. The van der Waals surface area contributed by atoms with E-state index < -0.39 is 0 Å². The van der Waals surface area contributed by atoms with Crippen molar-refractivity contribution in [3.63, 3.8) is 0 Å². The third kappa shape index (κ3) is 3.07. The predicted molar refractivity (Wildman–Crippen MR) is 101 cm³/mol. The van der Waals surface area contributed by atoms with Crippen LogP contribution in [0.4, 0.5) is 5.69 Å². The summed E-state index contributed by atoms with van der Waals surface area (Å²) in [6.45, 7) is 3.61. The van der Waals surface area contributed by atoms with E-state index in [0.717, 1.165) is 43.9 Å². The highest BCUT2D eigenvalue weighted by molar-refractivity contribution is 5.91. The zero-order valence-electron chi connectivity index (χ0n) is 15.3. The molecule has 1 atom stereocenters. The first-order valence-corrected chi connectivity index (χ1v) is 9.72. The lowest BCUT2D eigenvalue weighted by molar-refractivity contribution is 0.0672. The van der Waals surface area contributed by atoms with Crippen molar-refractivity contribution in [2.45, 2.75) is 31.6 Å². The summed E-state index contributed by atoms with van der Waals surface area (Å²) < 4.78 is 7.15. The van der Waals surface area contributed by atoms with Crippen LogP contribution in [-0.2, 0) is 0 Å². The highest BCUT2D eigenvalue weighted by Gasteiger charge is 2.29. The molecule has 2 aliphatic heterocycles. The SMILES string of the molecule is O=C(c1ccco1)N1CCCC(c2nc3ccc(N4CCCC4)cn3n2)C1. The number of hydrogen-bond donors (Lipinski definition) is 0. The Hall–Kier alpha value is -2.83. The molecule has 0 aliphatic carbocycles. The lowest BCUT2D eigenvalue weighted by atomic mass is 9.97. The number of hydrogen-bond acceptors (Lipinski definition) is 5. The van der Waals surface area contributed by atoms with Gasteiger partial charge in [-0.25, -0.2) is 9.50 Å². The van der Waals surface area contributed by atoms with Gasteiger partial charge in [0.15, 0.2) is 17.2 Å². The van der Waals surface area contributed by atoms with Crippen LogP contribution in [0.3, 0.4) is 0 Å². The molecule has 2 fully saturated rings. The van der Waals surface area contributed by atoms with Crippen molar-refractivity contribution in [1.29, 1.82) is 0 Å². The molecular weight excluding hydrogens is 342 g/mol. The lowest BCUT2D eigenvalue weighted by Gasteiger charge is -2.30. The summed E-state index contributed by atoms with van der Waals surface area (Å²) in [5.74, 6) is 1.33. The third-order valence-corrected chi connectivity index (χ3v) is 5.61. The van der Waals surface area contributed by atoms with Crippen molar-refractivity contribution in [1.82, 2.24) is 19.5 Å². The Balaban J connectivity index is 1.37. The Kier molecular flexibility index (Phi) is 4.07. The molecular formula is C20H23N5O2. The van der Waals surface area contributed by atoms with E-state index >= 15 is 0 Å². The van der Waals surface area contributed by atoms with E-state index in [1.165, 1.54) is 24.8 Å². The van der Waals surface area contributed by atoms with Crippen LogP contribution in [0.25, 0.3) is 5.65 Å². The van der Waals surface area contributed by atoms with Gasteiger partial charge in [-0.3, -0.25) is 4.79 Å². The smallest absolute Gasteiger partial charge is 0.289 e. The molecule has 2 aliphatic rings. The van der Waals surface area contributed by atoms with Crippen LogP contribution in [0.1, 0.15) is 48.0 Å². The number of rotatable bonds is 3. The Morgan fingerprint density at radius 1 is 1.11 bits per heavy atom. The van der Waals surface area contributed by atoms with Gasteiger partial charge < -0.3 is 14.2 Å². The Bertz CT molecular complexity index is 943.